The summed E-state index contributed by atoms with van der Waals surface area (Å²) in [6.45, 7) is 6.39. The quantitative estimate of drug-likeness (QED) is 0.545. The molecule has 2 atom stereocenters. The summed E-state index contributed by atoms with van der Waals surface area (Å²) < 4.78 is 0. The predicted molar refractivity (Wildman–Crippen MR) is 40.4 cm³/mol. The van der Waals surface area contributed by atoms with Gasteiger partial charge in [0.15, 0.2) is 0 Å². The standard InChI is InChI=1S/C8H14N2/c1-3-10-5-4-7(2)8(10)6-9/h7-8H,3-5H2,1-2H3. The Bertz CT molecular complexity index is 148. The smallest absolute Gasteiger partial charge is 0.100 e. The highest BCUT2D eigenvalue weighted by molar-refractivity contribution is 4.99. The van der Waals surface area contributed by atoms with Crippen LogP contribution in [0.25, 0.3) is 0 Å². The Morgan fingerprint density at radius 1 is 1.70 bits per heavy atom. The minimum atomic E-state index is 0.185. The molecule has 1 saturated heterocycles. The molecule has 0 radical (unpaired) electrons. The summed E-state index contributed by atoms with van der Waals surface area (Å²) in [7, 11) is 0. The van der Waals surface area contributed by atoms with Gasteiger partial charge in [0.25, 0.3) is 0 Å². The summed E-state index contributed by atoms with van der Waals surface area (Å²) in [6, 6.07) is 2.53. The molecule has 2 nitrogen and oxygen atoms in total. The molecule has 1 rings (SSSR count). The van der Waals surface area contributed by atoms with E-state index in [1.165, 1.54) is 6.42 Å². The maximum Gasteiger partial charge on any atom is 0.100 e. The van der Waals surface area contributed by atoms with Gasteiger partial charge in [0.2, 0.25) is 0 Å². The summed E-state index contributed by atoms with van der Waals surface area (Å²) in [5.41, 5.74) is 0. The maximum absolute atomic E-state index is 8.75. The average molecular weight is 138 g/mol. The minimum Gasteiger partial charge on any atom is -0.288 e. The molecule has 0 amide bonds. The summed E-state index contributed by atoms with van der Waals surface area (Å²) in [4.78, 5) is 2.24. The highest BCUT2D eigenvalue weighted by Crippen LogP contribution is 2.22. The van der Waals surface area contributed by atoms with Crippen molar-refractivity contribution in [3.05, 3.63) is 0 Å². The summed E-state index contributed by atoms with van der Waals surface area (Å²) in [6.07, 6.45) is 1.19. The first-order valence-corrected chi connectivity index (χ1v) is 3.93. The van der Waals surface area contributed by atoms with E-state index in [2.05, 4.69) is 24.8 Å². The number of nitriles is 1. The Morgan fingerprint density at radius 3 is 2.80 bits per heavy atom. The number of likely N-dealkylation sites (tertiary alicyclic amines) is 1. The molecule has 0 aromatic rings. The number of hydrogen-bond donors (Lipinski definition) is 0. The monoisotopic (exact) mass is 138 g/mol. The molecule has 10 heavy (non-hydrogen) atoms. The zero-order valence-corrected chi connectivity index (χ0v) is 6.67. The van der Waals surface area contributed by atoms with Crippen molar-refractivity contribution in [1.82, 2.24) is 4.90 Å². The Labute approximate surface area is 62.4 Å². The molecule has 2 unspecified atom stereocenters. The molecule has 1 heterocycles. The third kappa shape index (κ3) is 1.15. The van der Waals surface area contributed by atoms with Crippen LogP contribution in [0, 0.1) is 17.2 Å². The zero-order valence-electron chi connectivity index (χ0n) is 6.67. The topological polar surface area (TPSA) is 27.0 Å². The molecule has 56 valence electrons. The van der Waals surface area contributed by atoms with Gasteiger partial charge in [0.1, 0.15) is 6.04 Å². The lowest BCUT2D eigenvalue weighted by Gasteiger charge is -2.17. The summed E-state index contributed by atoms with van der Waals surface area (Å²) >= 11 is 0. The Kier molecular flexibility index (Phi) is 2.29. The normalized spacial score (nSPS) is 34.1. The second-order valence-corrected chi connectivity index (χ2v) is 2.97. The minimum absolute atomic E-state index is 0.185. The van der Waals surface area contributed by atoms with Gasteiger partial charge in [-0.15, -0.1) is 0 Å². The molecule has 0 bridgehead atoms. The van der Waals surface area contributed by atoms with Crippen LogP contribution in [0.4, 0.5) is 0 Å². The fourth-order valence-corrected chi connectivity index (χ4v) is 1.59. The van der Waals surface area contributed by atoms with Crippen molar-refractivity contribution in [3.63, 3.8) is 0 Å². The van der Waals surface area contributed by atoms with Gasteiger partial charge in [-0.25, -0.2) is 0 Å². The SMILES string of the molecule is CCN1CCC(C)C1C#N. The van der Waals surface area contributed by atoms with Crippen molar-refractivity contribution in [2.45, 2.75) is 26.3 Å². The van der Waals surface area contributed by atoms with E-state index in [1.54, 1.807) is 0 Å². The van der Waals surface area contributed by atoms with Gasteiger partial charge < -0.3 is 0 Å². The Morgan fingerprint density at radius 2 is 2.40 bits per heavy atom. The molecule has 0 N–H and O–H groups in total. The van der Waals surface area contributed by atoms with Gasteiger partial charge >= 0.3 is 0 Å². The maximum atomic E-state index is 8.75. The van der Waals surface area contributed by atoms with Gasteiger partial charge in [0, 0.05) is 0 Å². The fourth-order valence-electron chi connectivity index (χ4n) is 1.59. The van der Waals surface area contributed by atoms with E-state index < -0.39 is 0 Å². The molecular formula is C8H14N2. The zero-order chi connectivity index (χ0) is 7.56. The molecule has 1 aliphatic heterocycles. The number of nitrogens with zero attached hydrogens (tertiary/aromatic N) is 2. The van der Waals surface area contributed by atoms with Crippen molar-refractivity contribution in [1.29, 1.82) is 5.26 Å². The number of hydrogen-bond acceptors (Lipinski definition) is 2. The van der Waals surface area contributed by atoms with Crippen LogP contribution in [0.1, 0.15) is 20.3 Å². The van der Waals surface area contributed by atoms with Gasteiger partial charge in [-0.3, -0.25) is 4.90 Å². The van der Waals surface area contributed by atoms with Crippen LogP contribution >= 0.6 is 0 Å². The van der Waals surface area contributed by atoms with Crippen LogP contribution in [0.5, 0.6) is 0 Å². The van der Waals surface area contributed by atoms with E-state index in [4.69, 9.17) is 5.26 Å². The van der Waals surface area contributed by atoms with Crippen LogP contribution < -0.4 is 0 Å². The number of rotatable bonds is 1. The lowest BCUT2D eigenvalue weighted by Crippen LogP contribution is -2.30. The van der Waals surface area contributed by atoms with Gasteiger partial charge in [-0.05, 0) is 25.4 Å². The lowest BCUT2D eigenvalue weighted by molar-refractivity contribution is 0.292. The molecule has 0 spiro atoms. The fraction of sp³-hybridized carbons (Fsp3) is 0.875. The highest BCUT2D eigenvalue weighted by atomic mass is 15.2. The molecule has 0 aromatic heterocycles. The first-order chi connectivity index (χ1) is 4.79. The van der Waals surface area contributed by atoms with Gasteiger partial charge in [0.05, 0.1) is 6.07 Å². The van der Waals surface area contributed by atoms with Crippen LogP contribution in [0.2, 0.25) is 0 Å². The van der Waals surface area contributed by atoms with Gasteiger partial charge in [-0.1, -0.05) is 13.8 Å². The Balaban J connectivity index is 2.56. The summed E-state index contributed by atoms with van der Waals surface area (Å²) in [5.74, 6) is 0.574. The van der Waals surface area contributed by atoms with Crippen molar-refractivity contribution < 1.29 is 0 Å². The lowest BCUT2D eigenvalue weighted by atomic mass is 10.0. The molecule has 0 saturated carbocycles. The molecular weight excluding hydrogens is 124 g/mol. The van der Waals surface area contributed by atoms with Crippen LogP contribution in [-0.4, -0.2) is 24.0 Å². The van der Waals surface area contributed by atoms with Gasteiger partial charge in [-0.2, -0.15) is 5.26 Å². The molecule has 2 heteroatoms. The largest absolute Gasteiger partial charge is 0.288 e. The van der Waals surface area contributed by atoms with E-state index >= 15 is 0 Å². The van der Waals surface area contributed by atoms with Crippen LogP contribution in [-0.2, 0) is 0 Å². The predicted octanol–water partition coefficient (Wildman–Crippen LogP) is 1.24. The first-order valence-electron chi connectivity index (χ1n) is 3.93. The van der Waals surface area contributed by atoms with E-state index in [-0.39, 0.29) is 6.04 Å². The van der Waals surface area contributed by atoms with E-state index in [9.17, 15) is 0 Å². The second-order valence-electron chi connectivity index (χ2n) is 2.97. The molecule has 0 aromatic carbocycles. The van der Waals surface area contributed by atoms with Crippen molar-refractivity contribution in [2.24, 2.45) is 5.92 Å². The van der Waals surface area contributed by atoms with Crippen molar-refractivity contribution in [3.8, 4) is 6.07 Å². The third-order valence-corrected chi connectivity index (χ3v) is 2.34. The first kappa shape index (κ1) is 7.56. The summed E-state index contributed by atoms with van der Waals surface area (Å²) in [5, 5.41) is 8.75. The van der Waals surface area contributed by atoms with Crippen LogP contribution in [0.3, 0.4) is 0 Å². The second kappa shape index (κ2) is 3.03. The molecule has 0 aliphatic carbocycles. The highest BCUT2D eigenvalue weighted by Gasteiger charge is 2.29. The van der Waals surface area contributed by atoms with E-state index in [1.807, 2.05) is 0 Å². The third-order valence-electron chi connectivity index (χ3n) is 2.34. The van der Waals surface area contributed by atoms with E-state index in [0.29, 0.717) is 5.92 Å². The van der Waals surface area contributed by atoms with E-state index in [0.717, 1.165) is 13.1 Å². The molecule has 1 fully saturated rings. The Hall–Kier alpha value is -0.550. The average Bonchev–Trinajstić information content (AvgIpc) is 2.30. The van der Waals surface area contributed by atoms with Crippen molar-refractivity contribution in [2.75, 3.05) is 13.1 Å². The molecule has 1 aliphatic rings. The van der Waals surface area contributed by atoms with Crippen LogP contribution in [0.15, 0.2) is 0 Å². The van der Waals surface area contributed by atoms with Crippen molar-refractivity contribution >= 4 is 0 Å².